The van der Waals surface area contributed by atoms with Gasteiger partial charge in [0.1, 0.15) is 0 Å². The lowest BCUT2D eigenvalue weighted by Gasteiger charge is -2.20. The molecule has 1 fully saturated rings. The third-order valence-electron chi connectivity index (χ3n) is 3.88. The number of hydrogen-bond acceptors (Lipinski definition) is 3. The highest BCUT2D eigenvalue weighted by atomic mass is 32.2. The zero-order valence-electron chi connectivity index (χ0n) is 11.2. The molecule has 3 unspecified atom stereocenters. The number of nitrogens with one attached hydrogen (secondary N) is 2. The molecule has 1 aliphatic rings. The predicted molar refractivity (Wildman–Crippen MR) is 71.4 cm³/mol. The highest BCUT2D eigenvalue weighted by Gasteiger charge is 2.33. The standard InChI is InChI=1S/C12H26N2O2S/c1-4-11-6-7-12(10(11)3)14-17(15,16)9-8-13-5-2/h10-14H,4-9H2,1-3H3. The van der Waals surface area contributed by atoms with Crippen molar-refractivity contribution in [3.05, 3.63) is 0 Å². The van der Waals surface area contributed by atoms with Crippen LogP contribution in [0.2, 0.25) is 0 Å². The zero-order valence-corrected chi connectivity index (χ0v) is 12.0. The first-order chi connectivity index (χ1) is 8.00. The largest absolute Gasteiger partial charge is 0.316 e. The molecule has 0 aliphatic heterocycles. The molecule has 0 saturated heterocycles. The fourth-order valence-electron chi connectivity index (χ4n) is 2.66. The molecule has 3 atom stereocenters. The fraction of sp³-hybridized carbons (Fsp3) is 1.00. The molecule has 0 radical (unpaired) electrons. The zero-order chi connectivity index (χ0) is 12.9. The van der Waals surface area contributed by atoms with Crippen molar-refractivity contribution in [3.63, 3.8) is 0 Å². The van der Waals surface area contributed by atoms with Gasteiger partial charge in [0.25, 0.3) is 0 Å². The molecule has 102 valence electrons. The molecule has 0 spiro atoms. The maximum atomic E-state index is 11.9. The second kappa shape index (κ2) is 6.71. The molecule has 0 heterocycles. The third kappa shape index (κ3) is 4.56. The lowest BCUT2D eigenvalue weighted by molar-refractivity contribution is 0.368. The van der Waals surface area contributed by atoms with Crippen molar-refractivity contribution in [1.82, 2.24) is 10.0 Å². The van der Waals surface area contributed by atoms with Gasteiger partial charge in [0, 0.05) is 12.6 Å². The van der Waals surface area contributed by atoms with E-state index in [-0.39, 0.29) is 11.8 Å². The van der Waals surface area contributed by atoms with Gasteiger partial charge < -0.3 is 5.32 Å². The molecular formula is C12H26N2O2S. The van der Waals surface area contributed by atoms with Gasteiger partial charge in [-0.2, -0.15) is 0 Å². The smallest absolute Gasteiger partial charge is 0.213 e. The topological polar surface area (TPSA) is 58.2 Å². The Kier molecular flexibility index (Phi) is 5.89. The normalized spacial score (nSPS) is 29.7. The first-order valence-corrected chi connectivity index (χ1v) is 8.36. The van der Waals surface area contributed by atoms with Crippen LogP contribution in [0.5, 0.6) is 0 Å². The van der Waals surface area contributed by atoms with Crippen molar-refractivity contribution in [1.29, 1.82) is 0 Å². The van der Waals surface area contributed by atoms with E-state index in [4.69, 9.17) is 0 Å². The highest BCUT2D eigenvalue weighted by molar-refractivity contribution is 7.89. The van der Waals surface area contributed by atoms with Crippen LogP contribution in [0.3, 0.4) is 0 Å². The summed E-state index contributed by atoms with van der Waals surface area (Å²) in [5.41, 5.74) is 0. The predicted octanol–water partition coefficient (Wildman–Crippen LogP) is 1.34. The van der Waals surface area contributed by atoms with E-state index in [0.717, 1.165) is 25.8 Å². The lowest BCUT2D eigenvalue weighted by atomic mass is 9.94. The molecular weight excluding hydrogens is 236 g/mol. The summed E-state index contributed by atoms with van der Waals surface area (Å²) in [5.74, 6) is 1.33. The number of rotatable bonds is 7. The minimum Gasteiger partial charge on any atom is -0.316 e. The number of sulfonamides is 1. The van der Waals surface area contributed by atoms with E-state index in [1.807, 2.05) is 6.92 Å². The lowest BCUT2D eigenvalue weighted by Crippen LogP contribution is -2.40. The van der Waals surface area contributed by atoms with Crippen molar-refractivity contribution in [2.24, 2.45) is 11.8 Å². The first kappa shape index (κ1) is 14.9. The molecule has 17 heavy (non-hydrogen) atoms. The van der Waals surface area contributed by atoms with Gasteiger partial charge in [0.15, 0.2) is 0 Å². The molecule has 1 saturated carbocycles. The van der Waals surface area contributed by atoms with Gasteiger partial charge in [0.05, 0.1) is 5.75 Å². The molecule has 4 nitrogen and oxygen atoms in total. The van der Waals surface area contributed by atoms with Gasteiger partial charge in [-0.1, -0.05) is 27.2 Å². The van der Waals surface area contributed by atoms with Crippen molar-refractivity contribution < 1.29 is 8.42 Å². The Morgan fingerprint density at radius 2 is 1.94 bits per heavy atom. The molecule has 0 aromatic carbocycles. The van der Waals surface area contributed by atoms with Gasteiger partial charge in [-0.05, 0) is 31.2 Å². The molecule has 1 rings (SSSR count). The van der Waals surface area contributed by atoms with Crippen molar-refractivity contribution >= 4 is 10.0 Å². The summed E-state index contributed by atoms with van der Waals surface area (Å²) in [4.78, 5) is 0. The summed E-state index contributed by atoms with van der Waals surface area (Å²) in [5, 5.41) is 3.04. The fourth-order valence-corrected chi connectivity index (χ4v) is 3.99. The van der Waals surface area contributed by atoms with E-state index < -0.39 is 10.0 Å². The van der Waals surface area contributed by atoms with Gasteiger partial charge in [0.2, 0.25) is 10.0 Å². The molecule has 0 bridgehead atoms. The molecule has 0 aromatic heterocycles. The van der Waals surface area contributed by atoms with Crippen LogP contribution in [-0.4, -0.2) is 33.3 Å². The summed E-state index contributed by atoms with van der Waals surface area (Å²) < 4.78 is 26.6. The van der Waals surface area contributed by atoms with Crippen molar-refractivity contribution in [2.45, 2.75) is 46.1 Å². The summed E-state index contributed by atoms with van der Waals surface area (Å²) in [7, 11) is -3.11. The summed E-state index contributed by atoms with van der Waals surface area (Å²) >= 11 is 0. The van der Waals surface area contributed by atoms with Gasteiger partial charge in [-0.3, -0.25) is 0 Å². The molecule has 0 amide bonds. The Labute approximate surface area is 106 Å². The van der Waals surface area contributed by atoms with Crippen LogP contribution in [0, 0.1) is 11.8 Å². The molecule has 0 aromatic rings. The van der Waals surface area contributed by atoms with E-state index in [1.165, 1.54) is 0 Å². The SMILES string of the molecule is CCNCCS(=O)(=O)NC1CCC(CC)C1C. The van der Waals surface area contributed by atoms with E-state index in [2.05, 4.69) is 23.9 Å². The van der Waals surface area contributed by atoms with Crippen LogP contribution >= 0.6 is 0 Å². The molecule has 1 aliphatic carbocycles. The molecule has 5 heteroatoms. The van der Waals surface area contributed by atoms with Crippen LogP contribution in [0.1, 0.15) is 40.0 Å². The van der Waals surface area contributed by atoms with E-state index >= 15 is 0 Å². The van der Waals surface area contributed by atoms with Crippen LogP contribution in [0.25, 0.3) is 0 Å². The Morgan fingerprint density at radius 3 is 2.47 bits per heavy atom. The second-order valence-corrected chi connectivity index (χ2v) is 6.88. The first-order valence-electron chi connectivity index (χ1n) is 6.70. The second-order valence-electron chi connectivity index (χ2n) is 5.00. The van der Waals surface area contributed by atoms with E-state index in [0.29, 0.717) is 18.4 Å². The van der Waals surface area contributed by atoms with Crippen molar-refractivity contribution in [3.8, 4) is 0 Å². The minimum atomic E-state index is -3.11. The van der Waals surface area contributed by atoms with Gasteiger partial charge in [-0.15, -0.1) is 0 Å². The third-order valence-corrected chi connectivity index (χ3v) is 5.28. The van der Waals surface area contributed by atoms with E-state index in [9.17, 15) is 8.42 Å². The monoisotopic (exact) mass is 262 g/mol. The Balaban J connectivity index is 2.43. The van der Waals surface area contributed by atoms with Crippen LogP contribution in [0.4, 0.5) is 0 Å². The van der Waals surface area contributed by atoms with Gasteiger partial charge in [-0.25, -0.2) is 13.1 Å². The summed E-state index contributed by atoms with van der Waals surface area (Å²) in [6.45, 7) is 7.67. The van der Waals surface area contributed by atoms with E-state index in [1.54, 1.807) is 0 Å². The maximum absolute atomic E-state index is 11.9. The average Bonchev–Trinajstić information content (AvgIpc) is 2.60. The maximum Gasteiger partial charge on any atom is 0.213 e. The Hall–Kier alpha value is -0.130. The Morgan fingerprint density at radius 1 is 1.24 bits per heavy atom. The quantitative estimate of drug-likeness (QED) is 0.681. The number of hydrogen-bond donors (Lipinski definition) is 2. The van der Waals surface area contributed by atoms with Crippen LogP contribution in [-0.2, 0) is 10.0 Å². The summed E-state index contributed by atoms with van der Waals surface area (Å²) in [6, 6.07) is 0.145. The van der Waals surface area contributed by atoms with Crippen LogP contribution in [0.15, 0.2) is 0 Å². The van der Waals surface area contributed by atoms with Crippen LogP contribution < -0.4 is 10.0 Å². The summed E-state index contributed by atoms with van der Waals surface area (Å²) in [6.07, 6.45) is 3.29. The minimum absolute atomic E-state index is 0.145. The van der Waals surface area contributed by atoms with Gasteiger partial charge >= 0.3 is 0 Å². The Bertz CT molecular complexity index is 316. The highest BCUT2D eigenvalue weighted by Crippen LogP contribution is 2.34. The van der Waals surface area contributed by atoms with Crippen molar-refractivity contribution in [2.75, 3.05) is 18.8 Å². The molecule has 2 N–H and O–H groups in total. The average molecular weight is 262 g/mol.